The van der Waals surface area contributed by atoms with Gasteiger partial charge in [0.15, 0.2) is 49.9 Å². The minimum absolute atomic E-state index is 1.11. The Morgan fingerprint density at radius 2 is 0.422 bits per heavy atom. The molecule has 0 radical (unpaired) electrons. The maximum absolute atomic E-state index is 12.4. The van der Waals surface area contributed by atoms with E-state index in [1.807, 2.05) is 0 Å². The summed E-state index contributed by atoms with van der Waals surface area (Å²) in [6, 6.07) is 0. The van der Waals surface area contributed by atoms with Gasteiger partial charge in [-0.1, -0.05) is 0 Å². The number of aliphatic hydroxyl groups is 26. The van der Waals surface area contributed by atoms with Crippen molar-refractivity contribution in [3.8, 4) is 0 Å². The van der Waals surface area contributed by atoms with Crippen LogP contribution in [0, 0.1) is 0 Å². The summed E-state index contributed by atoms with van der Waals surface area (Å²) in [5.74, 6) is -7.43. The molecule has 42 heteroatoms. The van der Waals surface area contributed by atoms with Crippen LogP contribution in [0.15, 0.2) is 0 Å². The molecule has 0 saturated carbocycles. The Morgan fingerprint density at radius 3 is 0.644 bits per heavy atom. The number of ether oxygens (including phenoxy) is 16. The molecule has 24 aliphatic heterocycles. The fourth-order valence-electron chi connectivity index (χ4n) is 12.0. The molecule has 12 bridgehead atoms. The Balaban J connectivity index is 1.13. The van der Waals surface area contributed by atoms with Crippen LogP contribution in [0.5, 0.6) is 0 Å². The molecule has 26 N–H and O–H groups in total. The van der Waals surface area contributed by atoms with Gasteiger partial charge in [0.1, 0.15) is 183 Å². The van der Waals surface area contributed by atoms with Crippen molar-refractivity contribution in [3.05, 3.63) is 0 Å². The summed E-state index contributed by atoms with van der Waals surface area (Å²) in [6.45, 7) is -9.83. The molecular weight excluding hydrogens is 1250 g/mol. The molecule has 524 valence electrons. The van der Waals surface area contributed by atoms with Gasteiger partial charge in [-0.25, -0.2) is 0 Å². The van der Waals surface area contributed by atoms with E-state index in [0.717, 1.165) is 0 Å². The molecule has 90 heavy (non-hydrogen) atoms. The molecule has 24 saturated heterocycles. The van der Waals surface area contributed by atoms with Gasteiger partial charge in [0.25, 0.3) is 0 Å². The summed E-state index contributed by atoms with van der Waals surface area (Å²) in [4.78, 5) is 0. The maximum atomic E-state index is 12.4. The van der Waals surface area contributed by atoms with E-state index in [-0.39, 0.29) is 0 Å². The monoisotopic (exact) mass is 1330 g/mol. The van der Waals surface area contributed by atoms with E-state index in [4.69, 9.17) is 75.8 Å². The third-order valence-corrected chi connectivity index (χ3v) is 17.1. The van der Waals surface area contributed by atoms with Crippen molar-refractivity contribution in [1.29, 1.82) is 0 Å². The zero-order valence-electron chi connectivity index (χ0n) is 46.8. The second-order valence-corrected chi connectivity index (χ2v) is 22.8. The van der Waals surface area contributed by atoms with Crippen LogP contribution in [-0.2, 0) is 75.8 Å². The molecule has 0 spiro atoms. The van der Waals surface area contributed by atoms with Crippen LogP contribution in [0.2, 0.25) is 0 Å². The minimum Gasteiger partial charge on any atom is -0.394 e. The van der Waals surface area contributed by atoms with Crippen LogP contribution in [0.25, 0.3) is 0 Å². The van der Waals surface area contributed by atoms with E-state index in [0.29, 0.717) is 0 Å². The summed E-state index contributed by atoms with van der Waals surface area (Å²) in [7, 11) is 0. The molecule has 24 rings (SSSR count). The highest BCUT2D eigenvalue weighted by atomic mass is 16.9. The zero-order chi connectivity index (χ0) is 65.9. The van der Waals surface area contributed by atoms with Crippen LogP contribution in [-0.4, -0.2) is 431 Å². The minimum atomic E-state index is -3.71. The van der Waals surface area contributed by atoms with Crippen LogP contribution in [0.1, 0.15) is 0 Å². The predicted octanol–water partition coefficient (Wildman–Crippen LogP) is -18.8. The van der Waals surface area contributed by atoms with Crippen molar-refractivity contribution >= 4 is 0 Å². The average molecular weight is 1330 g/mol. The Hall–Kier alpha value is -1.68. The Bertz CT molecular complexity index is 2200. The molecule has 0 aromatic heterocycles. The number of hydrogen-bond acceptors (Lipinski definition) is 42. The van der Waals surface area contributed by atoms with Crippen LogP contribution in [0.4, 0.5) is 0 Å². The number of aliphatic hydroxyl groups excluding tert-OH is 24. The molecule has 40 atom stereocenters. The van der Waals surface area contributed by atoms with E-state index in [1.54, 1.807) is 0 Å². The summed E-state index contributed by atoms with van der Waals surface area (Å²) < 4.78 is 91.6. The molecule has 0 aliphatic carbocycles. The molecule has 16 unspecified atom stereocenters. The highest BCUT2D eigenvalue weighted by Crippen LogP contribution is 2.43. The lowest BCUT2D eigenvalue weighted by Gasteiger charge is -2.53. The first kappa shape index (κ1) is 72.6. The van der Waals surface area contributed by atoms with Crippen LogP contribution < -0.4 is 0 Å². The zero-order valence-corrected chi connectivity index (χ0v) is 46.8. The van der Waals surface area contributed by atoms with Crippen molar-refractivity contribution in [1.82, 2.24) is 0 Å². The van der Waals surface area contributed by atoms with Crippen LogP contribution >= 0.6 is 0 Å². The molecule has 0 amide bonds. The van der Waals surface area contributed by atoms with Gasteiger partial charge < -0.3 is 209 Å². The molecular formula is C48H80O42. The summed E-state index contributed by atoms with van der Waals surface area (Å²) >= 11 is 0. The second kappa shape index (κ2) is 29.6. The average Bonchev–Trinajstić information content (AvgIpc) is 0.860. The lowest BCUT2D eigenvalue weighted by atomic mass is 9.93. The Kier molecular flexibility index (Phi) is 23.9. The molecule has 0 aromatic carbocycles. The molecule has 24 heterocycles. The van der Waals surface area contributed by atoms with Crippen molar-refractivity contribution in [2.24, 2.45) is 0 Å². The summed E-state index contributed by atoms with van der Waals surface area (Å²) in [5.41, 5.74) is 0. The molecule has 0 aromatic rings. The maximum Gasteiger partial charge on any atom is 0.311 e. The third kappa shape index (κ3) is 13.7. The largest absolute Gasteiger partial charge is 0.394 e. The van der Waals surface area contributed by atoms with E-state index in [2.05, 4.69) is 0 Å². The normalized spacial score (nSPS) is 55.8. The first-order valence-corrected chi connectivity index (χ1v) is 28.4. The van der Waals surface area contributed by atoms with E-state index >= 15 is 0 Å². The van der Waals surface area contributed by atoms with Gasteiger partial charge in [-0.15, -0.1) is 0 Å². The van der Waals surface area contributed by atoms with E-state index in [9.17, 15) is 133 Å². The smallest absolute Gasteiger partial charge is 0.311 e. The first-order valence-electron chi connectivity index (χ1n) is 28.4. The van der Waals surface area contributed by atoms with Gasteiger partial charge in [-0.05, 0) is 0 Å². The Morgan fingerprint density at radius 1 is 0.222 bits per heavy atom. The van der Waals surface area contributed by atoms with E-state index < -0.39 is 298 Å². The lowest BCUT2D eigenvalue weighted by molar-refractivity contribution is -0.488. The van der Waals surface area contributed by atoms with Gasteiger partial charge in [-0.3, -0.25) is 0 Å². The molecule has 24 fully saturated rings. The van der Waals surface area contributed by atoms with Gasteiger partial charge >= 0.3 is 11.9 Å². The topological polar surface area (TPSA) is 674 Å². The van der Waals surface area contributed by atoms with Crippen molar-refractivity contribution in [2.45, 2.75) is 245 Å². The predicted molar refractivity (Wildman–Crippen MR) is 263 cm³/mol. The highest BCUT2D eigenvalue weighted by molar-refractivity contribution is 5.04. The van der Waals surface area contributed by atoms with Crippen LogP contribution in [0.3, 0.4) is 0 Å². The number of hydrogen-bond donors (Lipinski definition) is 26. The molecule has 24 aliphatic rings. The van der Waals surface area contributed by atoms with Crippen molar-refractivity contribution in [3.63, 3.8) is 0 Å². The highest BCUT2D eigenvalue weighted by Gasteiger charge is 2.64. The fraction of sp³-hybridized carbons (Fsp3) is 1.00. The van der Waals surface area contributed by atoms with Gasteiger partial charge in [-0.2, -0.15) is 0 Å². The first-order chi connectivity index (χ1) is 42.6. The Labute approximate surface area is 505 Å². The quantitative estimate of drug-likeness (QED) is 0.0807. The SMILES string of the molecule is OC[C@H]1O[C@@H]2O[C@H]3C(O)C(O)[C@H](O[C@@H]3CO)O[C@H]3C(O)C(O)[C@H](O[C@@H]3CO)O[C@H]3C(O)C(O)[C@H](O[C@@H]3CO)O[C@H]3C(O)C(O)[C@H](O[C@@H]3CO)O[C@H]3C(OC4(O)O[C@H](CO)[C@@H](O)[C@H](O)[C@H]4O)C(O)C(OC1C(OC1(O)O[C@H](CO)[C@@H](O)[C@H](O)[C@H]1O)C2O)O[C@@H]3CO. The van der Waals surface area contributed by atoms with Gasteiger partial charge in [0.2, 0.25) is 0 Å². The van der Waals surface area contributed by atoms with Gasteiger partial charge in [0.05, 0.1) is 52.9 Å². The fourth-order valence-corrected chi connectivity index (χ4v) is 12.0. The number of rotatable bonds is 12. The standard InChI is InChI=1S/C48H80O42/c49-1-9-17(57)23(63)39(71)47(73,87-9)89-37-29(69)45-79-16(8-56)36(37)86-46-30(70)38(90-48(74)40(72)24(64)18(58)10(2-50)88-48)35(15(7-55)80-46)85-44-28(68)22(62)33(13(5-53)78-44)83-42-26(66)20(60)31(11(3-51)76-42)81-41-25(65)19(59)32(12(4-52)75-41)82-43-27(67)21(61)34(84-45)14(6-54)77-43/h9-46,49-74H,1-8H2/t9-,10-,11-,12-,13-,14-,15-,16-,17-,18-,19?,20?,21?,22?,23+,24+,25?,26?,27?,28?,29?,30?,31-,32-,33-,34-,35-,36?,37?,38?,39-,40-,41-,42-,43-,44-,45-,46?,47?,48?/m1/s1. The van der Waals surface area contributed by atoms with E-state index in [1.165, 1.54) is 0 Å². The van der Waals surface area contributed by atoms with Crippen molar-refractivity contribution < 1.29 is 209 Å². The third-order valence-electron chi connectivity index (χ3n) is 17.1. The molecule has 42 nitrogen and oxygen atoms in total. The summed E-state index contributed by atoms with van der Waals surface area (Å²) in [5, 5.41) is 290. The second-order valence-electron chi connectivity index (χ2n) is 22.8. The van der Waals surface area contributed by atoms with Crippen molar-refractivity contribution in [2.75, 3.05) is 52.9 Å². The lowest BCUT2D eigenvalue weighted by Crippen LogP contribution is -2.73. The summed E-state index contributed by atoms with van der Waals surface area (Å²) in [6.07, 6.45) is -86.8. The van der Waals surface area contributed by atoms with Gasteiger partial charge in [0, 0.05) is 0 Å².